The molecule has 1 saturated carbocycles. The molecule has 2 rings (SSSR count). The van der Waals surface area contributed by atoms with E-state index in [2.05, 4.69) is 10.6 Å². The Morgan fingerprint density at radius 2 is 1.96 bits per heavy atom. The van der Waals surface area contributed by atoms with Crippen molar-refractivity contribution < 1.29 is 24.5 Å². The number of aliphatic hydroxyl groups excluding tert-OH is 1. The lowest BCUT2D eigenvalue weighted by molar-refractivity contribution is -0.139. The van der Waals surface area contributed by atoms with Crippen LogP contribution in [0.5, 0.6) is 5.75 Å². The van der Waals surface area contributed by atoms with Gasteiger partial charge in [0.15, 0.2) is 0 Å². The molecule has 8 heteroatoms. The number of ether oxygens (including phenoxy) is 1. The van der Waals surface area contributed by atoms with Gasteiger partial charge in [-0.2, -0.15) is 0 Å². The van der Waals surface area contributed by atoms with E-state index >= 15 is 0 Å². The summed E-state index contributed by atoms with van der Waals surface area (Å²) >= 11 is 0. The van der Waals surface area contributed by atoms with Gasteiger partial charge in [0.25, 0.3) is 0 Å². The van der Waals surface area contributed by atoms with E-state index in [9.17, 15) is 14.7 Å². The standard InChI is InChI=1S/C19H29N3O5/c1-3-22(11-18(24)25)16-8-15(9-16)21-19(26)20-10-14(12-23)13-4-6-17(27-2)7-5-13/h4-7,14-16,23H,3,8-12H2,1-2H3,(H,24,25)(H2,20,21,26). The fourth-order valence-electron chi connectivity index (χ4n) is 3.29. The molecular weight excluding hydrogens is 350 g/mol. The number of carboxylic acids is 1. The van der Waals surface area contributed by atoms with Gasteiger partial charge in [0.05, 0.1) is 20.3 Å². The Balaban J connectivity index is 1.73. The van der Waals surface area contributed by atoms with E-state index in [0.29, 0.717) is 13.1 Å². The SMILES string of the molecule is CCN(CC(=O)O)C1CC(NC(=O)NCC(CO)c2ccc(OC)cc2)C1. The molecule has 0 saturated heterocycles. The predicted molar refractivity (Wildman–Crippen MR) is 101 cm³/mol. The molecule has 0 bridgehead atoms. The van der Waals surface area contributed by atoms with Crippen LogP contribution in [0.2, 0.25) is 0 Å². The second-order valence-corrected chi connectivity index (χ2v) is 6.79. The first-order valence-corrected chi connectivity index (χ1v) is 9.21. The number of nitrogens with zero attached hydrogens (tertiary/aromatic N) is 1. The lowest BCUT2D eigenvalue weighted by atomic mass is 9.85. The fraction of sp³-hybridized carbons (Fsp3) is 0.579. The normalized spacial score (nSPS) is 19.9. The zero-order valence-corrected chi connectivity index (χ0v) is 15.9. The molecule has 1 unspecified atom stereocenters. The Kier molecular flexibility index (Phi) is 7.87. The number of aliphatic hydroxyl groups is 1. The summed E-state index contributed by atoms with van der Waals surface area (Å²) in [7, 11) is 1.59. The Morgan fingerprint density at radius 3 is 2.48 bits per heavy atom. The van der Waals surface area contributed by atoms with Crippen molar-refractivity contribution in [3.05, 3.63) is 29.8 Å². The molecule has 27 heavy (non-hydrogen) atoms. The summed E-state index contributed by atoms with van der Waals surface area (Å²) in [5.74, 6) is -0.286. The van der Waals surface area contributed by atoms with Crippen molar-refractivity contribution in [2.24, 2.45) is 0 Å². The Hall–Kier alpha value is -2.32. The van der Waals surface area contributed by atoms with Crippen molar-refractivity contribution in [3.8, 4) is 5.75 Å². The highest BCUT2D eigenvalue weighted by Crippen LogP contribution is 2.25. The molecule has 1 aromatic rings. The molecule has 0 aromatic heterocycles. The molecule has 0 aliphatic heterocycles. The Labute approximate surface area is 159 Å². The van der Waals surface area contributed by atoms with Crippen LogP contribution in [0.4, 0.5) is 4.79 Å². The number of carbonyl (C=O) groups excluding carboxylic acids is 1. The topological polar surface area (TPSA) is 111 Å². The first kappa shape index (κ1) is 21.0. The van der Waals surface area contributed by atoms with Crippen LogP contribution in [0.15, 0.2) is 24.3 Å². The van der Waals surface area contributed by atoms with Gasteiger partial charge in [-0.05, 0) is 37.1 Å². The maximum Gasteiger partial charge on any atom is 0.317 e. The minimum absolute atomic E-state index is 0.0279. The smallest absolute Gasteiger partial charge is 0.317 e. The number of amides is 2. The number of hydrogen-bond donors (Lipinski definition) is 4. The average Bonchev–Trinajstić information content (AvgIpc) is 2.63. The van der Waals surface area contributed by atoms with E-state index in [1.165, 1.54) is 0 Å². The minimum Gasteiger partial charge on any atom is -0.497 e. The number of rotatable bonds is 10. The fourth-order valence-corrected chi connectivity index (χ4v) is 3.29. The van der Waals surface area contributed by atoms with Crippen LogP contribution in [0.25, 0.3) is 0 Å². The molecule has 1 aliphatic carbocycles. The second-order valence-electron chi connectivity index (χ2n) is 6.79. The van der Waals surface area contributed by atoms with Gasteiger partial charge in [0.2, 0.25) is 0 Å². The van der Waals surface area contributed by atoms with Crippen molar-refractivity contribution in [1.82, 2.24) is 15.5 Å². The monoisotopic (exact) mass is 379 g/mol. The van der Waals surface area contributed by atoms with E-state index in [0.717, 1.165) is 24.2 Å². The quantitative estimate of drug-likeness (QED) is 0.483. The average molecular weight is 379 g/mol. The molecule has 1 atom stereocenters. The highest BCUT2D eigenvalue weighted by molar-refractivity contribution is 5.74. The number of likely N-dealkylation sites (N-methyl/N-ethyl adjacent to an activating group) is 1. The maximum absolute atomic E-state index is 12.1. The van der Waals surface area contributed by atoms with E-state index in [-0.39, 0.29) is 37.2 Å². The van der Waals surface area contributed by atoms with E-state index in [1.54, 1.807) is 7.11 Å². The molecule has 1 aliphatic rings. The van der Waals surface area contributed by atoms with Crippen molar-refractivity contribution >= 4 is 12.0 Å². The number of urea groups is 1. The third-order valence-corrected chi connectivity index (χ3v) is 5.03. The van der Waals surface area contributed by atoms with Gasteiger partial charge < -0.3 is 25.6 Å². The molecule has 1 aromatic carbocycles. The first-order chi connectivity index (χ1) is 13.0. The Bertz CT molecular complexity index is 616. The van der Waals surface area contributed by atoms with Crippen LogP contribution < -0.4 is 15.4 Å². The molecule has 1 fully saturated rings. The van der Waals surface area contributed by atoms with Gasteiger partial charge in [-0.3, -0.25) is 9.69 Å². The van der Waals surface area contributed by atoms with Gasteiger partial charge in [0, 0.05) is 24.5 Å². The van der Waals surface area contributed by atoms with Gasteiger partial charge in [-0.15, -0.1) is 0 Å². The molecule has 8 nitrogen and oxygen atoms in total. The molecule has 150 valence electrons. The number of benzene rings is 1. The summed E-state index contributed by atoms with van der Waals surface area (Å²) < 4.78 is 5.12. The summed E-state index contributed by atoms with van der Waals surface area (Å²) in [6, 6.07) is 7.36. The third kappa shape index (κ3) is 6.11. The zero-order chi connectivity index (χ0) is 19.8. The lowest BCUT2D eigenvalue weighted by Crippen LogP contribution is -2.56. The van der Waals surface area contributed by atoms with Gasteiger partial charge in [-0.25, -0.2) is 4.79 Å². The predicted octanol–water partition coefficient (Wildman–Crippen LogP) is 1.01. The molecule has 0 heterocycles. The first-order valence-electron chi connectivity index (χ1n) is 9.21. The summed E-state index contributed by atoms with van der Waals surface area (Å²) in [5, 5.41) is 24.2. The number of hydrogen-bond acceptors (Lipinski definition) is 5. The largest absolute Gasteiger partial charge is 0.497 e. The zero-order valence-electron chi connectivity index (χ0n) is 15.9. The highest BCUT2D eigenvalue weighted by Gasteiger charge is 2.34. The Morgan fingerprint density at radius 1 is 1.30 bits per heavy atom. The number of carbonyl (C=O) groups is 2. The van der Waals surface area contributed by atoms with Gasteiger partial charge >= 0.3 is 12.0 Å². The van der Waals surface area contributed by atoms with Crippen molar-refractivity contribution in [3.63, 3.8) is 0 Å². The second kappa shape index (κ2) is 10.1. The molecule has 2 amide bonds. The maximum atomic E-state index is 12.1. The van der Waals surface area contributed by atoms with E-state index in [1.807, 2.05) is 36.1 Å². The van der Waals surface area contributed by atoms with Crippen molar-refractivity contribution in [2.45, 2.75) is 37.8 Å². The van der Waals surface area contributed by atoms with E-state index < -0.39 is 5.97 Å². The number of methoxy groups -OCH3 is 1. The van der Waals surface area contributed by atoms with Crippen LogP contribution >= 0.6 is 0 Å². The number of nitrogens with one attached hydrogen (secondary N) is 2. The highest BCUT2D eigenvalue weighted by atomic mass is 16.5. The molecule has 4 N–H and O–H groups in total. The summed E-state index contributed by atoms with van der Waals surface area (Å²) in [4.78, 5) is 24.9. The molecule has 0 spiro atoms. The third-order valence-electron chi connectivity index (χ3n) is 5.03. The van der Waals surface area contributed by atoms with Crippen LogP contribution in [0, 0.1) is 0 Å². The van der Waals surface area contributed by atoms with Gasteiger partial charge in [-0.1, -0.05) is 19.1 Å². The lowest BCUT2D eigenvalue weighted by Gasteiger charge is -2.42. The van der Waals surface area contributed by atoms with E-state index in [4.69, 9.17) is 9.84 Å². The molecular formula is C19H29N3O5. The summed E-state index contributed by atoms with van der Waals surface area (Å²) in [6.45, 7) is 2.89. The van der Waals surface area contributed by atoms with Crippen molar-refractivity contribution in [2.75, 3.05) is 33.4 Å². The van der Waals surface area contributed by atoms with Crippen LogP contribution in [0.1, 0.15) is 31.2 Å². The van der Waals surface area contributed by atoms with Crippen LogP contribution in [-0.2, 0) is 4.79 Å². The van der Waals surface area contributed by atoms with Crippen molar-refractivity contribution in [1.29, 1.82) is 0 Å². The van der Waals surface area contributed by atoms with Crippen LogP contribution in [-0.4, -0.2) is 72.5 Å². The van der Waals surface area contributed by atoms with Gasteiger partial charge in [0.1, 0.15) is 5.75 Å². The number of aliphatic carboxylic acids is 1. The summed E-state index contributed by atoms with van der Waals surface area (Å²) in [5.41, 5.74) is 0.926. The summed E-state index contributed by atoms with van der Waals surface area (Å²) in [6.07, 6.45) is 1.49. The van der Waals surface area contributed by atoms with Crippen LogP contribution in [0.3, 0.4) is 0 Å². The number of carboxylic acid groups (broad SMARTS) is 1. The molecule has 0 radical (unpaired) electrons. The minimum atomic E-state index is -0.834.